The Bertz CT molecular complexity index is 1040. The van der Waals surface area contributed by atoms with Crippen LogP contribution in [-0.4, -0.2) is 47.1 Å². The summed E-state index contributed by atoms with van der Waals surface area (Å²) in [5, 5.41) is 1.18. The number of amides is 2. The fraction of sp³-hybridized carbons (Fsp3) is 0.318. The Morgan fingerprint density at radius 3 is 2.66 bits per heavy atom. The number of likely N-dealkylation sites (tertiary alicyclic amines) is 1. The zero-order chi connectivity index (χ0) is 19.8. The molecule has 1 saturated heterocycles. The molecule has 3 heterocycles. The topological polar surface area (TPSA) is 53.5 Å². The van der Waals surface area contributed by atoms with Gasteiger partial charge in [0.05, 0.1) is 26.7 Å². The van der Waals surface area contributed by atoms with Gasteiger partial charge < -0.3 is 9.80 Å². The maximum atomic E-state index is 12.9. The maximum Gasteiger partial charge on any atom is 0.242 e. The first-order chi connectivity index (χ1) is 14.2. The number of carbonyl (C=O) groups excluding carboxylic acids is 2. The van der Waals surface area contributed by atoms with Gasteiger partial charge in [0.2, 0.25) is 11.8 Å². The molecule has 7 heteroatoms. The average molecular weight is 424 g/mol. The first-order valence-electron chi connectivity index (χ1n) is 9.84. The number of fused-ring (bicyclic) bond motifs is 2. The van der Waals surface area contributed by atoms with Crippen molar-refractivity contribution in [2.45, 2.75) is 23.7 Å². The van der Waals surface area contributed by atoms with Crippen molar-refractivity contribution in [3.8, 4) is 0 Å². The van der Waals surface area contributed by atoms with Gasteiger partial charge in [0.15, 0.2) is 0 Å². The molecule has 29 heavy (non-hydrogen) atoms. The molecular formula is C22H21N3O2S2. The van der Waals surface area contributed by atoms with Crippen LogP contribution in [0.2, 0.25) is 0 Å². The number of carbonyl (C=O) groups is 2. The summed E-state index contributed by atoms with van der Waals surface area (Å²) in [5.41, 5.74) is 1.91. The van der Waals surface area contributed by atoms with Crippen molar-refractivity contribution in [2.75, 3.05) is 30.3 Å². The van der Waals surface area contributed by atoms with Crippen LogP contribution >= 0.6 is 23.1 Å². The van der Waals surface area contributed by atoms with Gasteiger partial charge in [-0.15, -0.1) is 23.1 Å². The van der Waals surface area contributed by atoms with Crippen LogP contribution in [0.25, 0.3) is 10.2 Å². The fourth-order valence-corrected chi connectivity index (χ4v) is 6.08. The van der Waals surface area contributed by atoms with Crippen molar-refractivity contribution >= 4 is 50.8 Å². The molecule has 2 aliphatic heterocycles. The zero-order valence-electron chi connectivity index (χ0n) is 15.9. The van der Waals surface area contributed by atoms with Crippen LogP contribution in [0.4, 0.5) is 5.69 Å². The molecule has 0 radical (unpaired) electrons. The summed E-state index contributed by atoms with van der Waals surface area (Å²) < 4.78 is 1.22. The second-order valence-electron chi connectivity index (χ2n) is 7.41. The molecule has 0 atom stereocenters. The van der Waals surface area contributed by atoms with Gasteiger partial charge in [-0.1, -0.05) is 24.3 Å². The Morgan fingerprint density at radius 1 is 1.07 bits per heavy atom. The molecule has 0 N–H and O–H groups in total. The van der Waals surface area contributed by atoms with E-state index >= 15 is 0 Å². The van der Waals surface area contributed by atoms with E-state index in [0.717, 1.165) is 42.0 Å². The van der Waals surface area contributed by atoms with Crippen LogP contribution in [0.15, 0.2) is 53.4 Å². The van der Waals surface area contributed by atoms with Crippen LogP contribution in [0.1, 0.15) is 23.8 Å². The molecular weight excluding hydrogens is 402 g/mol. The number of thiazole rings is 1. The molecule has 0 spiro atoms. The minimum atomic E-state index is 0.00594. The van der Waals surface area contributed by atoms with Crippen molar-refractivity contribution in [1.29, 1.82) is 0 Å². The zero-order valence-corrected chi connectivity index (χ0v) is 17.5. The van der Waals surface area contributed by atoms with Gasteiger partial charge in [-0.2, -0.15) is 0 Å². The molecule has 2 amide bonds. The van der Waals surface area contributed by atoms with Gasteiger partial charge in [-0.3, -0.25) is 9.59 Å². The van der Waals surface area contributed by atoms with Gasteiger partial charge in [0.1, 0.15) is 6.54 Å². The van der Waals surface area contributed by atoms with Gasteiger partial charge in [-0.05, 0) is 37.1 Å². The molecule has 5 nitrogen and oxygen atoms in total. The van der Waals surface area contributed by atoms with Gasteiger partial charge in [0, 0.05) is 23.9 Å². The molecule has 148 valence electrons. The molecule has 1 fully saturated rings. The third kappa shape index (κ3) is 3.65. The summed E-state index contributed by atoms with van der Waals surface area (Å²) in [6, 6.07) is 16.0. The lowest BCUT2D eigenvalue weighted by Gasteiger charge is -2.34. The van der Waals surface area contributed by atoms with Crippen molar-refractivity contribution in [3.05, 3.63) is 53.5 Å². The van der Waals surface area contributed by atoms with Crippen LogP contribution in [0.3, 0.4) is 0 Å². The summed E-state index contributed by atoms with van der Waals surface area (Å²) in [4.78, 5) is 34.8. The molecule has 0 unspecified atom stereocenters. The molecule has 1 aromatic heterocycles. The van der Waals surface area contributed by atoms with Crippen LogP contribution in [-0.2, 0) is 9.59 Å². The molecule has 2 aliphatic rings. The number of aromatic nitrogens is 1. The van der Waals surface area contributed by atoms with Crippen LogP contribution in [0.5, 0.6) is 0 Å². The Morgan fingerprint density at radius 2 is 1.83 bits per heavy atom. The average Bonchev–Trinajstić information content (AvgIpc) is 3.20. The standard InChI is InChI=1S/C22H21N3O2S2/c26-20(13-25-17-6-2-4-8-19(17)28-14-21(25)27)24-11-9-15(10-12-24)22-23-16-5-1-3-7-18(16)29-22/h1-8,15H,9-14H2. The number of hydrogen-bond acceptors (Lipinski definition) is 5. The lowest BCUT2D eigenvalue weighted by molar-refractivity contribution is -0.132. The first-order valence-corrected chi connectivity index (χ1v) is 11.6. The van der Waals surface area contributed by atoms with Crippen LogP contribution in [0, 0.1) is 0 Å². The van der Waals surface area contributed by atoms with Gasteiger partial charge >= 0.3 is 0 Å². The lowest BCUT2D eigenvalue weighted by Crippen LogP contribution is -2.47. The number of rotatable bonds is 3. The smallest absolute Gasteiger partial charge is 0.242 e. The van der Waals surface area contributed by atoms with Crippen molar-refractivity contribution in [2.24, 2.45) is 0 Å². The summed E-state index contributed by atoms with van der Waals surface area (Å²) in [5.74, 6) is 0.837. The molecule has 5 rings (SSSR count). The monoisotopic (exact) mass is 423 g/mol. The molecule has 0 bridgehead atoms. The van der Waals surface area contributed by atoms with E-state index in [0.29, 0.717) is 11.7 Å². The van der Waals surface area contributed by atoms with E-state index in [4.69, 9.17) is 4.98 Å². The number of nitrogens with zero attached hydrogens (tertiary/aromatic N) is 3. The summed E-state index contributed by atoms with van der Waals surface area (Å²) >= 11 is 3.31. The second-order valence-corrected chi connectivity index (χ2v) is 9.49. The largest absolute Gasteiger partial charge is 0.341 e. The van der Waals surface area contributed by atoms with Crippen molar-refractivity contribution in [3.63, 3.8) is 0 Å². The second kappa shape index (κ2) is 7.80. The summed E-state index contributed by atoms with van der Waals surface area (Å²) in [6.07, 6.45) is 1.85. The van der Waals surface area contributed by atoms with E-state index in [2.05, 4.69) is 12.1 Å². The highest BCUT2D eigenvalue weighted by Crippen LogP contribution is 2.36. The van der Waals surface area contributed by atoms with E-state index in [9.17, 15) is 9.59 Å². The highest BCUT2D eigenvalue weighted by Gasteiger charge is 2.30. The quantitative estimate of drug-likeness (QED) is 0.635. The minimum Gasteiger partial charge on any atom is -0.341 e. The molecule has 3 aromatic rings. The third-order valence-corrected chi connectivity index (χ3v) is 7.86. The molecule has 0 saturated carbocycles. The number of piperidine rings is 1. The van der Waals surface area contributed by atoms with Gasteiger partial charge in [-0.25, -0.2) is 4.98 Å². The SMILES string of the molecule is O=C(CN1C(=O)CSc2ccccc21)N1CCC(c2nc3ccccc3s2)CC1. The van der Waals surface area contributed by atoms with Crippen molar-refractivity contribution < 1.29 is 9.59 Å². The lowest BCUT2D eigenvalue weighted by atomic mass is 9.97. The van der Waals surface area contributed by atoms with Crippen molar-refractivity contribution in [1.82, 2.24) is 9.88 Å². The van der Waals surface area contributed by atoms with E-state index in [1.165, 1.54) is 9.71 Å². The minimum absolute atomic E-state index is 0.00594. The fourth-order valence-electron chi connectivity index (χ4n) is 4.00. The normalized spacial score (nSPS) is 17.6. The Kier molecular flexibility index (Phi) is 5.01. The first kappa shape index (κ1) is 18.6. The predicted molar refractivity (Wildman–Crippen MR) is 118 cm³/mol. The maximum absolute atomic E-state index is 12.9. The third-order valence-electron chi connectivity index (χ3n) is 5.61. The number of anilines is 1. The Labute approximate surface area is 177 Å². The number of para-hydroxylation sites is 2. The number of thioether (sulfide) groups is 1. The van der Waals surface area contributed by atoms with Crippen LogP contribution < -0.4 is 4.90 Å². The predicted octanol–water partition coefficient (Wildman–Crippen LogP) is 4.14. The molecule has 2 aromatic carbocycles. The number of hydrogen-bond donors (Lipinski definition) is 0. The summed E-state index contributed by atoms with van der Waals surface area (Å²) in [7, 11) is 0. The van der Waals surface area contributed by atoms with E-state index in [-0.39, 0.29) is 18.4 Å². The van der Waals surface area contributed by atoms with E-state index in [1.807, 2.05) is 41.3 Å². The van der Waals surface area contributed by atoms with E-state index in [1.54, 1.807) is 28.0 Å². The van der Waals surface area contributed by atoms with Gasteiger partial charge in [0.25, 0.3) is 0 Å². The molecule has 0 aliphatic carbocycles. The highest BCUT2D eigenvalue weighted by molar-refractivity contribution is 8.00. The highest BCUT2D eigenvalue weighted by atomic mass is 32.2. The number of benzene rings is 2. The van der Waals surface area contributed by atoms with E-state index < -0.39 is 0 Å². The summed E-state index contributed by atoms with van der Waals surface area (Å²) in [6.45, 7) is 1.57. The Balaban J connectivity index is 1.24. The Hall–Kier alpha value is -2.38.